The summed E-state index contributed by atoms with van der Waals surface area (Å²) >= 11 is 1.07. The molecule has 0 radical (unpaired) electrons. The molecule has 0 saturated heterocycles. The first-order valence-corrected chi connectivity index (χ1v) is 6.76. The largest absolute Gasteiger partial charge is 0.398 e. The van der Waals surface area contributed by atoms with E-state index in [1.807, 2.05) is 0 Å². The summed E-state index contributed by atoms with van der Waals surface area (Å²) in [6, 6.07) is 4.80. The molecule has 3 aromatic rings. The molecule has 0 amide bonds. The average Bonchev–Trinajstić information content (AvgIpc) is 2.84. The van der Waals surface area contributed by atoms with Crippen LogP contribution in [-0.4, -0.2) is 9.97 Å². The molecule has 2 heterocycles. The number of pyridine rings is 1. The quantitative estimate of drug-likeness (QED) is 0.646. The number of nitrogens with two attached hydrogens (primary N) is 1. The molecule has 1 aromatic carbocycles. The Kier molecular flexibility index (Phi) is 3.11. The maximum atomic E-state index is 14.0. The lowest BCUT2D eigenvalue weighted by Gasteiger charge is -2.11. The van der Waals surface area contributed by atoms with Gasteiger partial charge in [0, 0.05) is 28.3 Å². The van der Waals surface area contributed by atoms with Crippen molar-refractivity contribution in [2.75, 3.05) is 11.1 Å². The number of benzene rings is 1. The molecule has 3 rings (SSSR count). The Labute approximate surface area is 117 Å². The molecule has 0 spiro atoms. The topological polar surface area (TPSA) is 83.8 Å². The number of aromatic nitrogens is 2. The molecule has 102 valence electrons. The first kappa shape index (κ1) is 12.6. The number of halogens is 1. The fraction of sp³-hybridized carbons (Fsp3) is 0.0769. The molecule has 0 aliphatic carbocycles. The van der Waals surface area contributed by atoms with E-state index in [1.54, 1.807) is 23.7 Å². The molecule has 4 N–H and O–H groups in total. The fourth-order valence-electron chi connectivity index (χ4n) is 1.99. The summed E-state index contributed by atoms with van der Waals surface area (Å²) < 4.78 is 14.0. The zero-order chi connectivity index (χ0) is 14.1. The van der Waals surface area contributed by atoms with Gasteiger partial charge in [-0.05, 0) is 18.2 Å². The molecule has 0 aliphatic heterocycles. The highest BCUT2D eigenvalue weighted by atomic mass is 32.1. The van der Waals surface area contributed by atoms with Crippen LogP contribution in [0, 0.1) is 5.82 Å². The Morgan fingerprint density at radius 2 is 2.35 bits per heavy atom. The average molecular weight is 290 g/mol. The Morgan fingerprint density at radius 1 is 1.50 bits per heavy atom. The van der Waals surface area contributed by atoms with E-state index in [1.165, 1.54) is 6.07 Å². The predicted molar refractivity (Wildman–Crippen MR) is 78.4 cm³/mol. The van der Waals surface area contributed by atoms with Gasteiger partial charge in [-0.2, -0.15) is 0 Å². The lowest BCUT2D eigenvalue weighted by atomic mass is 10.1. The van der Waals surface area contributed by atoms with Crippen molar-refractivity contribution in [2.45, 2.75) is 6.54 Å². The van der Waals surface area contributed by atoms with Crippen LogP contribution >= 0.6 is 11.3 Å². The number of anilines is 2. The number of thiazole rings is 1. The summed E-state index contributed by atoms with van der Waals surface area (Å²) in [4.78, 5) is 17.7. The molecule has 20 heavy (non-hydrogen) atoms. The van der Waals surface area contributed by atoms with Gasteiger partial charge >= 0.3 is 4.87 Å². The minimum absolute atomic E-state index is 0.137. The Bertz CT molecular complexity index is 827. The highest BCUT2D eigenvalue weighted by Gasteiger charge is 2.11. The van der Waals surface area contributed by atoms with Crippen LogP contribution in [0.5, 0.6) is 0 Å². The zero-order valence-corrected chi connectivity index (χ0v) is 11.1. The lowest BCUT2D eigenvalue weighted by molar-refractivity contribution is 0.632. The summed E-state index contributed by atoms with van der Waals surface area (Å²) in [5.74, 6) is -0.466. The number of H-pyrrole nitrogens is 1. The van der Waals surface area contributed by atoms with Crippen molar-refractivity contribution < 1.29 is 4.39 Å². The third-order valence-electron chi connectivity index (χ3n) is 2.90. The predicted octanol–water partition coefficient (Wildman–Crippen LogP) is 2.32. The van der Waals surface area contributed by atoms with E-state index in [-0.39, 0.29) is 10.6 Å². The summed E-state index contributed by atoms with van der Waals surface area (Å²) in [5, 5.41) is 5.34. The minimum Gasteiger partial charge on any atom is -0.398 e. The van der Waals surface area contributed by atoms with Gasteiger partial charge in [0.2, 0.25) is 0 Å². The number of aromatic amines is 1. The summed E-state index contributed by atoms with van der Waals surface area (Å²) in [5.41, 5.74) is 7.58. The maximum Gasteiger partial charge on any atom is 0.304 e. The molecule has 0 atom stereocenters. The number of nitrogen functional groups attached to an aromatic ring is 1. The molecular formula is C13H11FN4OS. The Balaban J connectivity index is 2.00. The summed E-state index contributed by atoms with van der Waals surface area (Å²) in [7, 11) is 0. The Hall–Kier alpha value is -2.41. The highest BCUT2D eigenvalue weighted by molar-refractivity contribution is 7.07. The third-order valence-corrected chi connectivity index (χ3v) is 3.62. The van der Waals surface area contributed by atoms with E-state index in [0.29, 0.717) is 28.8 Å². The minimum atomic E-state index is -0.466. The zero-order valence-electron chi connectivity index (χ0n) is 10.3. The molecule has 0 fully saturated rings. The molecule has 7 heteroatoms. The second kappa shape index (κ2) is 4.93. The first-order valence-electron chi connectivity index (χ1n) is 5.88. The van der Waals surface area contributed by atoms with Crippen molar-refractivity contribution in [3.63, 3.8) is 0 Å². The van der Waals surface area contributed by atoms with Gasteiger partial charge in [0.1, 0.15) is 0 Å². The van der Waals surface area contributed by atoms with Crippen LogP contribution in [-0.2, 0) is 6.54 Å². The van der Waals surface area contributed by atoms with E-state index >= 15 is 0 Å². The summed E-state index contributed by atoms with van der Waals surface area (Å²) in [6.07, 6.45) is 1.58. The van der Waals surface area contributed by atoms with Crippen molar-refractivity contribution in [3.05, 3.63) is 51.0 Å². The second-order valence-corrected chi connectivity index (χ2v) is 5.09. The lowest BCUT2D eigenvalue weighted by Crippen LogP contribution is -2.06. The number of rotatable bonds is 3. The number of hydrogen-bond donors (Lipinski definition) is 3. The molecule has 0 saturated carbocycles. The van der Waals surface area contributed by atoms with Crippen molar-refractivity contribution in [3.8, 4) is 0 Å². The monoisotopic (exact) mass is 290 g/mol. The molecule has 2 aromatic heterocycles. The van der Waals surface area contributed by atoms with Gasteiger partial charge in [-0.3, -0.25) is 9.78 Å². The van der Waals surface area contributed by atoms with Gasteiger partial charge in [0.25, 0.3) is 0 Å². The van der Waals surface area contributed by atoms with Gasteiger partial charge < -0.3 is 16.0 Å². The van der Waals surface area contributed by atoms with Crippen LogP contribution in [0.2, 0.25) is 0 Å². The summed E-state index contributed by atoms with van der Waals surface area (Å²) in [6.45, 7) is 0.311. The third kappa shape index (κ3) is 2.23. The van der Waals surface area contributed by atoms with Crippen LogP contribution in [0.3, 0.4) is 0 Å². The number of hydrogen-bond acceptors (Lipinski definition) is 5. The van der Waals surface area contributed by atoms with E-state index < -0.39 is 5.82 Å². The van der Waals surface area contributed by atoms with Crippen molar-refractivity contribution >= 4 is 33.6 Å². The van der Waals surface area contributed by atoms with Crippen LogP contribution in [0.15, 0.2) is 34.6 Å². The van der Waals surface area contributed by atoms with Crippen molar-refractivity contribution in [2.24, 2.45) is 0 Å². The van der Waals surface area contributed by atoms with Crippen LogP contribution < -0.4 is 15.9 Å². The standard InChI is InChI=1S/C13H11FN4OS/c14-9-4-10(15)8-2-1-3-16-11(8)12(9)17-5-7-6-20-13(19)18-7/h1-4,6,17H,5,15H2,(H,18,19). The second-order valence-electron chi connectivity index (χ2n) is 4.25. The van der Waals surface area contributed by atoms with E-state index in [0.717, 1.165) is 11.3 Å². The van der Waals surface area contributed by atoms with Crippen LogP contribution in [0.25, 0.3) is 10.9 Å². The molecule has 0 bridgehead atoms. The SMILES string of the molecule is Nc1cc(F)c(NCc2csc(=O)[nH]2)c2ncccc12. The van der Waals surface area contributed by atoms with Gasteiger partial charge in [-0.25, -0.2) is 4.39 Å². The number of fused-ring (bicyclic) bond motifs is 1. The number of nitrogens with one attached hydrogen (secondary N) is 2. The Morgan fingerprint density at radius 3 is 3.10 bits per heavy atom. The molecule has 0 aliphatic rings. The van der Waals surface area contributed by atoms with Crippen LogP contribution in [0.4, 0.5) is 15.8 Å². The van der Waals surface area contributed by atoms with Gasteiger partial charge in [-0.1, -0.05) is 11.3 Å². The maximum absolute atomic E-state index is 14.0. The smallest absolute Gasteiger partial charge is 0.304 e. The van der Waals surface area contributed by atoms with Crippen LogP contribution in [0.1, 0.15) is 5.69 Å². The fourth-order valence-corrected chi connectivity index (χ4v) is 2.57. The van der Waals surface area contributed by atoms with Crippen molar-refractivity contribution in [1.82, 2.24) is 9.97 Å². The molecule has 5 nitrogen and oxygen atoms in total. The van der Waals surface area contributed by atoms with Gasteiger partial charge in [-0.15, -0.1) is 0 Å². The number of nitrogens with zero attached hydrogens (tertiary/aromatic N) is 1. The highest BCUT2D eigenvalue weighted by Crippen LogP contribution is 2.29. The van der Waals surface area contributed by atoms with Gasteiger partial charge in [0.05, 0.1) is 17.7 Å². The normalized spacial score (nSPS) is 10.8. The van der Waals surface area contributed by atoms with Gasteiger partial charge in [0.15, 0.2) is 5.82 Å². The van der Waals surface area contributed by atoms with E-state index in [4.69, 9.17) is 5.73 Å². The molecule has 0 unspecified atom stereocenters. The van der Waals surface area contributed by atoms with Crippen molar-refractivity contribution in [1.29, 1.82) is 0 Å². The first-order chi connectivity index (χ1) is 9.65. The molecular weight excluding hydrogens is 279 g/mol. The van der Waals surface area contributed by atoms with E-state index in [2.05, 4.69) is 15.3 Å². The van der Waals surface area contributed by atoms with E-state index in [9.17, 15) is 9.18 Å².